The van der Waals surface area contributed by atoms with Crippen LogP contribution in [0.3, 0.4) is 0 Å². The number of aliphatic carboxylic acids is 2. The van der Waals surface area contributed by atoms with Crippen LogP contribution in [0.2, 0.25) is 0 Å². The lowest BCUT2D eigenvalue weighted by atomic mass is 10.1. The Morgan fingerprint density at radius 2 is 1.69 bits per heavy atom. The zero-order valence-corrected chi connectivity index (χ0v) is 8.03. The summed E-state index contributed by atoms with van der Waals surface area (Å²) < 4.78 is 0. The molecule has 0 aromatic carbocycles. The SMILES string of the molecule is N[C@H](C(=O)N[C@@H](CO)C(=O)O)[C@H](O)C(=O)O. The van der Waals surface area contributed by atoms with Crippen LogP contribution in [0, 0.1) is 0 Å². The van der Waals surface area contributed by atoms with Crippen molar-refractivity contribution in [1.29, 1.82) is 0 Å². The predicted molar refractivity (Wildman–Crippen MR) is 48.3 cm³/mol. The van der Waals surface area contributed by atoms with Gasteiger partial charge in [0.2, 0.25) is 5.91 Å². The smallest absolute Gasteiger partial charge is 0.334 e. The number of carbonyl (C=O) groups excluding carboxylic acids is 1. The van der Waals surface area contributed by atoms with Crippen LogP contribution in [0.25, 0.3) is 0 Å². The summed E-state index contributed by atoms with van der Waals surface area (Å²) in [5.41, 5.74) is 5.05. The second kappa shape index (κ2) is 6.00. The van der Waals surface area contributed by atoms with Gasteiger partial charge in [-0.2, -0.15) is 0 Å². The maximum absolute atomic E-state index is 11.1. The van der Waals surface area contributed by atoms with Gasteiger partial charge in [0.15, 0.2) is 6.10 Å². The fraction of sp³-hybridized carbons (Fsp3) is 0.571. The molecule has 0 fully saturated rings. The molecule has 0 saturated carbocycles. The minimum absolute atomic E-state index is 0.878. The number of hydrogen-bond acceptors (Lipinski definition) is 6. The third-order valence-corrected chi connectivity index (χ3v) is 1.69. The lowest BCUT2D eigenvalue weighted by molar-refractivity contribution is -0.151. The summed E-state index contributed by atoms with van der Waals surface area (Å²) in [6.07, 6.45) is -2.15. The molecule has 0 saturated heterocycles. The largest absolute Gasteiger partial charge is 0.480 e. The van der Waals surface area contributed by atoms with Crippen LogP contribution in [-0.2, 0) is 14.4 Å². The van der Waals surface area contributed by atoms with Crippen molar-refractivity contribution in [3.8, 4) is 0 Å². The molecule has 0 unspecified atom stereocenters. The van der Waals surface area contributed by atoms with E-state index in [-0.39, 0.29) is 0 Å². The lowest BCUT2D eigenvalue weighted by Gasteiger charge is -2.17. The molecule has 3 atom stereocenters. The first kappa shape index (κ1) is 14.3. The molecule has 7 N–H and O–H groups in total. The van der Waals surface area contributed by atoms with Gasteiger partial charge in [-0.25, -0.2) is 9.59 Å². The molecule has 0 aliphatic carbocycles. The van der Waals surface area contributed by atoms with Crippen LogP contribution < -0.4 is 11.1 Å². The third kappa shape index (κ3) is 3.81. The van der Waals surface area contributed by atoms with Gasteiger partial charge < -0.3 is 31.5 Å². The zero-order valence-electron chi connectivity index (χ0n) is 8.03. The van der Waals surface area contributed by atoms with Crippen molar-refractivity contribution >= 4 is 17.8 Å². The van der Waals surface area contributed by atoms with Gasteiger partial charge in [0, 0.05) is 0 Å². The number of nitrogens with one attached hydrogen (secondary N) is 1. The number of carboxylic acids is 2. The summed E-state index contributed by atoms with van der Waals surface area (Å²) in [6.45, 7) is -0.878. The van der Waals surface area contributed by atoms with Crippen molar-refractivity contribution in [2.24, 2.45) is 5.73 Å². The monoisotopic (exact) mass is 236 g/mol. The Kier molecular flexibility index (Phi) is 5.36. The normalized spacial score (nSPS) is 15.9. The minimum atomic E-state index is -2.15. The van der Waals surface area contributed by atoms with Crippen molar-refractivity contribution in [2.45, 2.75) is 18.2 Å². The molecule has 0 radical (unpaired) electrons. The first-order valence-electron chi connectivity index (χ1n) is 4.11. The van der Waals surface area contributed by atoms with Crippen LogP contribution in [0.1, 0.15) is 0 Å². The molecule has 0 bridgehead atoms. The van der Waals surface area contributed by atoms with Crippen molar-refractivity contribution in [3.63, 3.8) is 0 Å². The van der Waals surface area contributed by atoms with Gasteiger partial charge in [-0.05, 0) is 0 Å². The summed E-state index contributed by atoms with van der Waals surface area (Å²) in [5.74, 6) is -4.40. The molecule has 0 spiro atoms. The molecule has 92 valence electrons. The fourth-order valence-corrected chi connectivity index (χ4v) is 0.750. The van der Waals surface area contributed by atoms with Crippen molar-refractivity contribution in [3.05, 3.63) is 0 Å². The highest BCUT2D eigenvalue weighted by atomic mass is 16.4. The van der Waals surface area contributed by atoms with E-state index in [2.05, 4.69) is 0 Å². The van der Waals surface area contributed by atoms with E-state index in [0.717, 1.165) is 0 Å². The summed E-state index contributed by atoms with van der Waals surface area (Å²) in [4.78, 5) is 31.8. The predicted octanol–water partition coefficient (Wildman–Crippen LogP) is -3.68. The fourth-order valence-electron chi connectivity index (χ4n) is 0.750. The van der Waals surface area contributed by atoms with Gasteiger partial charge in [-0.1, -0.05) is 0 Å². The van der Waals surface area contributed by atoms with Gasteiger partial charge in [0.25, 0.3) is 0 Å². The molecule has 1 amide bonds. The number of carbonyl (C=O) groups is 3. The van der Waals surface area contributed by atoms with Gasteiger partial charge >= 0.3 is 11.9 Å². The summed E-state index contributed by atoms with van der Waals surface area (Å²) in [5, 5.41) is 36.0. The average Bonchev–Trinajstić information content (AvgIpc) is 2.22. The van der Waals surface area contributed by atoms with Gasteiger partial charge in [-0.15, -0.1) is 0 Å². The molecule has 0 aliphatic rings. The van der Waals surface area contributed by atoms with Crippen LogP contribution in [0.4, 0.5) is 0 Å². The number of aliphatic hydroxyl groups excluding tert-OH is 2. The minimum Gasteiger partial charge on any atom is -0.480 e. The van der Waals surface area contributed by atoms with Gasteiger partial charge in [-0.3, -0.25) is 4.79 Å². The van der Waals surface area contributed by atoms with Crippen molar-refractivity contribution < 1.29 is 34.8 Å². The van der Waals surface area contributed by atoms with Gasteiger partial charge in [0.1, 0.15) is 12.1 Å². The Morgan fingerprint density at radius 3 is 2.00 bits per heavy atom. The lowest BCUT2D eigenvalue weighted by Crippen LogP contribution is -2.55. The number of aliphatic hydroxyl groups is 2. The molecule has 0 rings (SSSR count). The van der Waals surface area contributed by atoms with Crippen LogP contribution >= 0.6 is 0 Å². The summed E-state index contributed by atoms with van der Waals surface area (Å²) >= 11 is 0. The number of hydrogen-bond donors (Lipinski definition) is 6. The number of rotatable bonds is 6. The highest BCUT2D eigenvalue weighted by Crippen LogP contribution is 1.93. The van der Waals surface area contributed by atoms with E-state index in [1.807, 2.05) is 0 Å². The average molecular weight is 236 g/mol. The van der Waals surface area contributed by atoms with E-state index in [9.17, 15) is 14.4 Å². The van der Waals surface area contributed by atoms with E-state index in [1.165, 1.54) is 0 Å². The van der Waals surface area contributed by atoms with Crippen LogP contribution in [-0.4, -0.2) is 63.1 Å². The summed E-state index contributed by atoms with van der Waals surface area (Å²) in [7, 11) is 0. The quantitative estimate of drug-likeness (QED) is 0.274. The third-order valence-electron chi connectivity index (χ3n) is 1.69. The van der Waals surface area contributed by atoms with E-state index in [0.29, 0.717) is 0 Å². The van der Waals surface area contributed by atoms with Gasteiger partial charge in [0.05, 0.1) is 6.61 Å². The first-order valence-corrected chi connectivity index (χ1v) is 4.11. The standard InChI is InChI=1S/C7H12N2O7/c8-3(4(11)7(15)16)5(12)9-2(1-10)6(13)14/h2-4,10-11H,1,8H2,(H,9,12)(H,13,14)(H,15,16)/t2-,3-,4-/m0/s1. The summed E-state index contributed by atoms with van der Waals surface area (Å²) in [6, 6.07) is -3.41. The first-order chi connectivity index (χ1) is 7.31. The molecule has 0 heterocycles. The van der Waals surface area contributed by atoms with Crippen LogP contribution in [0.15, 0.2) is 0 Å². The van der Waals surface area contributed by atoms with E-state index < -0.39 is 42.6 Å². The Morgan fingerprint density at radius 1 is 1.19 bits per heavy atom. The Bertz CT molecular complexity index is 292. The molecule has 9 heteroatoms. The Labute approximate surface area is 89.5 Å². The van der Waals surface area contributed by atoms with Crippen molar-refractivity contribution in [1.82, 2.24) is 5.32 Å². The number of carboxylic acid groups (broad SMARTS) is 2. The van der Waals surface area contributed by atoms with Crippen molar-refractivity contribution in [2.75, 3.05) is 6.61 Å². The molecule has 0 aromatic heterocycles. The second-order valence-corrected chi connectivity index (χ2v) is 2.89. The van der Waals surface area contributed by atoms with E-state index in [1.54, 1.807) is 5.32 Å². The molecule has 9 nitrogen and oxygen atoms in total. The molecular weight excluding hydrogens is 224 g/mol. The number of nitrogens with two attached hydrogens (primary N) is 1. The number of amides is 1. The Balaban J connectivity index is 4.45. The highest BCUT2D eigenvalue weighted by Gasteiger charge is 2.31. The van der Waals surface area contributed by atoms with E-state index >= 15 is 0 Å². The highest BCUT2D eigenvalue weighted by molar-refractivity contribution is 5.91. The maximum atomic E-state index is 11.1. The second-order valence-electron chi connectivity index (χ2n) is 2.89. The maximum Gasteiger partial charge on any atom is 0.334 e. The molecule has 16 heavy (non-hydrogen) atoms. The van der Waals surface area contributed by atoms with E-state index in [4.69, 9.17) is 26.2 Å². The molecular formula is C7H12N2O7. The Hall–Kier alpha value is -1.71. The van der Waals surface area contributed by atoms with Crippen LogP contribution in [0.5, 0.6) is 0 Å². The molecule has 0 aromatic rings. The zero-order chi connectivity index (χ0) is 12.9. The molecule has 0 aliphatic heterocycles. The topological polar surface area (TPSA) is 170 Å².